The monoisotopic (exact) mass is 521 g/mol. The Kier molecular flexibility index (Phi) is 8.45. The Morgan fingerprint density at radius 3 is 2.38 bits per heavy atom. The van der Waals surface area contributed by atoms with Crippen molar-refractivity contribution in [1.29, 1.82) is 5.26 Å². The van der Waals surface area contributed by atoms with E-state index in [0.29, 0.717) is 11.3 Å². The molecule has 0 atom stereocenters. The zero-order valence-corrected chi connectivity index (χ0v) is 20.7. The molecule has 0 fully saturated rings. The molecule has 0 aliphatic carbocycles. The molecule has 0 aliphatic heterocycles. The number of halogens is 1. The highest BCUT2D eigenvalue weighted by molar-refractivity contribution is 6.32. The standard InChI is InChI=1S/C26H20ClN3O7/c1-15-4-9-21(22(10-15)30(33)34)29-25(31)18(14-28)11-16-12-20(27)24(23(13-16)36-3)37-26(32)17-5-7-19(35-2)8-6-17/h4-13H,1-3H3,(H,29,31)/b18-11+. The van der Waals surface area contributed by atoms with Gasteiger partial charge < -0.3 is 19.5 Å². The van der Waals surface area contributed by atoms with Crippen LogP contribution in [0.1, 0.15) is 21.5 Å². The molecule has 37 heavy (non-hydrogen) atoms. The van der Waals surface area contributed by atoms with Crippen LogP contribution >= 0.6 is 11.6 Å². The third-order valence-electron chi connectivity index (χ3n) is 5.05. The number of carbonyl (C=O) groups excluding carboxylic acids is 2. The summed E-state index contributed by atoms with van der Waals surface area (Å²) >= 11 is 6.33. The summed E-state index contributed by atoms with van der Waals surface area (Å²) < 4.78 is 15.8. The molecule has 3 aromatic carbocycles. The average Bonchev–Trinajstić information content (AvgIpc) is 2.89. The molecule has 0 aromatic heterocycles. The van der Waals surface area contributed by atoms with Crippen molar-refractivity contribution in [3.8, 4) is 23.3 Å². The fourth-order valence-corrected chi connectivity index (χ4v) is 3.46. The fraction of sp³-hybridized carbons (Fsp3) is 0.115. The van der Waals surface area contributed by atoms with E-state index in [-0.39, 0.29) is 44.6 Å². The van der Waals surface area contributed by atoms with Crippen molar-refractivity contribution in [2.75, 3.05) is 19.5 Å². The largest absolute Gasteiger partial charge is 0.497 e. The first-order valence-corrected chi connectivity index (χ1v) is 11.0. The molecular formula is C26H20ClN3O7. The predicted molar refractivity (Wildman–Crippen MR) is 136 cm³/mol. The van der Waals surface area contributed by atoms with Crippen molar-refractivity contribution in [3.05, 3.63) is 92.0 Å². The SMILES string of the molecule is COc1ccc(C(=O)Oc2c(Cl)cc(/C=C(\C#N)C(=O)Nc3ccc(C)cc3[N+](=O)[O-])cc2OC)cc1. The number of hydrogen-bond acceptors (Lipinski definition) is 8. The number of nitro benzene ring substituents is 1. The van der Waals surface area contributed by atoms with Gasteiger partial charge in [0.15, 0.2) is 11.5 Å². The van der Waals surface area contributed by atoms with E-state index in [1.165, 1.54) is 56.7 Å². The van der Waals surface area contributed by atoms with Crippen molar-refractivity contribution in [2.24, 2.45) is 0 Å². The average molecular weight is 522 g/mol. The van der Waals surface area contributed by atoms with Crippen LogP contribution in [0, 0.1) is 28.4 Å². The number of nitrogens with one attached hydrogen (secondary N) is 1. The summed E-state index contributed by atoms with van der Waals surface area (Å²) in [5.41, 5.74) is 0.454. The molecule has 11 heteroatoms. The first kappa shape index (κ1) is 26.7. The summed E-state index contributed by atoms with van der Waals surface area (Å²) in [6.07, 6.45) is 1.22. The van der Waals surface area contributed by atoms with Crippen LogP contribution in [0.2, 0.25) is 5.02 Å². The van der Waals surface area contributed by atoms with Gasteiger partial charge in [0.1, 0.15) is 23.1 Å². The van der Waals surface area contributed by atoms with Crippen LogP contribution in [-0.2, 0) is 4.79 Å². The van der Waals surface area contributed by atoms with Gasteiger partial charge in [0, 0.05) is 6.07 Å². The normalized spacial score (nSPS) is 10.7. The van der Waals surface area contributed by atoms with Gasteiger partial charge in [-0.3, -0.25) is 14.9 Å². The van der Waals surface area contributed by atoms with Gasteiger partial charge in [-0.1, -0.05) is 17.7 Å². The molecule has 0 saturated carbocycles. The Bertz CT molecular complexity index is 1440. The van der Waals surface area contributed by atoms with E-state index in [1.807, 2.05) is 0 Å². The van der Waals surface area contributed by atoms with E-state index in [1.54, 1.807) is 31.2 Å². The molecule has 1 N–H and O–H groups in total. The molecule has 1 amide bonds. The lowest BCUT2D eigenvalue weighted by Gasteiger charge is -2.12. The third kappa shape index (κ3) is 6.42. The maximum Gasteiger partial charge on any atom is 0.343 e. The first-order chi connectivity index (χ1) is 17.7. The van der Waals surface area contributed by atoms with Crippen molar-refractivity contribution in [2.45, 2.75) is 6.92 Å². The number of aryl methyl sites for hydroxylation is 1. The number of nitriles is 1. The molecule has 10 nitrogen and oxygen atoms in total. The molecule has 0 unspecified atom stereocenters. The quantitative estimate of drug-likeness (QED) is 0.105. The Morgan fingerprint density at radius 2 is 1.78 bits per heavy atom. The van der Waals surface area contributed by atoms with Gasteiger partial charge in [-0.2, -0.15) is 5.26 Å². The Hall–Kier alpha value is -4.88. The van der Waals surface area contributed by atoms with E-state index >= 15 is 0 Å². The minimum atomic E-state index is -0.862. The van der Waals surface area contributed by atoms with Gasteiger partial charge in [0.25, 0.3) is 11.6 Å². The van der Waals surface area contributed by atoms with Crippen LogP contribution < -0.4 is 19.5 Å². The van der Waals surface area contributed by atoms with Crippen LogP contribution in [-0.4, -0.2) is 31.0 Å². The van der Waals surface area contributed by atoms with Crippen molar-refractivity contribution in [1.82, 2.24) is 0 Å². The molecule has 0 spiro atoms. The molecule has 0 heterocycles. The minimum absolute atomic E-state index is 0.0145. The number of ether oxygens (including phenoxy) is 3. The summed E-state index contributed by atoms with van der Waals surface area (Å²) in [5.74, 6) is -0.965. The minimum Gasteiger partial charge on any atom is -0.497 e. The van der Waals surface area contributed by atoms with Gasteiger partial charge in [0.2, 0.25) is 0 Å². The van der Waals surface area contributed by atoms with Crippen molar-refractivity contribution in [3.63, 3.8) is 0 Å². The summed E-state index contributed by atoms with van der Waals surface area (Å²) in [7, 11) is 2.83. The zero-order chi connectivity index (χ0) is 27.1. The second kappa shape index (κ2) is 11.7. The molecule has 3 aromatic rings. The lowest BCUT2D eigenvalue weighted by molar-refractivity contribution is -0.384. The number of rotatable bonds is 8. The summed E-state index contributed by atoms with van der Waals surface area (Å²) in [5, 5.41) is 23.2. The van der Waals surface area contributed by atoms with Crippen LogP contribution in [0.4, 0.5) is 11.4 Å². The highest BCUT2D eigenvalue weighted by Crippen LogP contribution is 2.37. The molecule has 3 rings (SSSR count). The van der Waals surface area contributed by atoms with Crippen LogP contribution in [0.5, 0.6) is 17.2 Å². The van der Waals surface area contributed by atoms with E-state index in [2.05, 4.69) is 5.32 Å². The van der Waals surface area contributed by atoms with Gasteiger partial charge in [-0.05, 0) is 66.6 Å². The fourth-order valence-electron chi connectivity index (χ4n) is 3.20. The van der Waals surface area contributed by atoms with Crippen LogP contribution in [0.25, 0.3) is 6.08 Å². The first-order valence-electron chi connectivity index (χ1n) is 10.6. The molecular weight excluding hydrogens is 502 g/mol. The lowest BCUT2D eigenvalue weighted by atomic mass is 10.1. The number of amides is 1. The number of benzene rings is 3. The molecule has 0 aliphatic rings. The third-order valence-corrected chi connectivity index (χ3v) is 5.33. The highest BCUT2D eigenvalue weighted by Gasteiger charge is 2.20. The predicted octanol–water partition coefficient (Wildman–Crippen LogP) is 5.34. The number of anilines is 1. The summed E-state index contributed by atoms with van der Waals surface area (Å²) in [6.45, 7) is 1.67. The topological polar surface area (TPSA) is 141 Å². The second-order valence-corrected chi connectivity index (χ2v) is 7.96. The van der Waals surface area contributed by atoms with Gasteiger partial charge in [-0.15, -0.1) is 0 Å². The van der Waals surface area contributed by atoms with E-state index in [4.69, 9.17) is 25.8 Å². The second-order valence-electron chi connectivity index (χ2n) is 7.55. The van der Waals surface area contributed by atoms with Crippen LogP contribution in [0.15, 0.2) is 60.2 Å². The van der Waals surface area contributed by atoms with E-state index in [9.17, 15) is 25.0 Å². The van der Waals surface area contributed by atoms with Crippen LogP contribution in [0.3, 0.4) is 0 Å². The van der Waals surface area contributed by atoms with Crippen molar-refractivity contribution >= 4 is 40.9 Å². The number of nitrogens with zero attached hydrogens (tertiary/aromatic N) is 2. The van der Waals surface area contributed by atoms with Gasteiger partial charge in [-0.25, -0.2) is 4.79 Å². The zero-order valence-electron chi connectivity index (χ0n) is 19.9. The number of hydrogen-bond donors (Lipinski definition) is 1. The molecule has 0 bridgehead atoms. The van der Waals surface area contributed by atoms with E-state index in [0.717, 1.165) is 0 Å². The number of nitro groups is 1. The lowest BCUT2D eigenvalue weighted by Crippen LogP contribution is -2.14. The number of esters is 1. The number of methoxy groups -OCH3 is 2. The summed E-state index contributed by atoms with van der Waals surface area (Å²) in [4.78, 5) is 36.0. The highest BCUT2D eigenvalue weighted by atomic mass is 35.5. The number of carbonyl (C=O) groups is 2. The smallest absolute Gasteiger partial charge is 0.343 e. The van der Waals surface area contributed by atoms with Gasteiger partial charge in [0.05, 0.1) is 29.7 Å². The maximum atomic E-state index is 12.7. The van der Waals surface area contributed by atoms with E-state index < -0.39 is 16.8 Å². The summed E-state index contributed by atoms with van der Waals surface area (Å²) in [6, 6.07) is 15.1. The Balaban J connectivity index is 1.87. The van der Waals surface area contributed by atoms with Crippen molar-refractivity contribution < 1.29 is 28.7 Å². The van der Waals surface area contributed by atoms with Gasteiger partial charge >= 0.3 is 5.97 Å². The molecule has 188 valence electrons. The maximum absolute atomic E-state index is 12.7. The molecule has 0 saturated heterocycles. The Labute approximate surface area is 216 Å². The Morgan fingerprint density at radius 1 is 1.08 bits per heavy atom. The molecule has 0 radical (unpaired) electrons.